The monoisotopic (exact) mass is 471 g/mol. The van der Waals surface area contributed by atoms with E-state index in [1.165, 1.54) is 0 Å². The lowest BCUT2D eigenvalue weighted by Crippen LogP contribution is -2.50. The van der Waals surface area contributed by atoms with Gasteiger partial charge in [-0.25, -0.2) is 0 Å². The molecule has 0 N–H and O–H groups in total. The predicted octanol–water partition coefficient (Wildman–Crippen LogP) is 2.94. The van der Waals surface area contributed by atoms with Gasteiger partial charge in [0.1, 0.15) is 0 Å². The summed E-state index contributed by atoms with van der Waals surface area (Å²) in [5, 5.41) is 0.797. The third-order valence-corrected chi connectivity index (χ3v) is 6.71. The number of halogens is 1. The molecule has 0 aromatic heterocycles. The molecular formula is C26H34ClN3O3. The molecule has 1 amide bonds. The lowest BCUT2D eigenvalue weighted by Gasteiger charge is -2.37. The zero-order valence-corrected chi connectivity index (χ0v) is 20.0. The Morgan fingerprint density at radius 3 is 2.48 bits per heavy atom. The highest BCUT2D eigenvalue weighted by molar-refractivity contribution is 6.31. The summed E-state index contributed by atoms with van der Waals surface area (Å²) in [6, 6.07) is 18.0. The molecule has 0 aliphatic carbocycles. The second kappa shape index (κ2) is 12.5. The van der Waals surface area contributed by atoms with Gasteiger partial charge in [-0.1, -0.05) is 60.1 Å². The summed E-state index contributed by atoms with van der Waals surface area (Å²) in [6.45, 7) is 8.67. The molecule has 2 aromatic carbocycles. The van der Waals surface area contributed by atoms with Gasteiger partial charge in [-0.05, 0) is 17.2 Å². The maximum absolute atomic E-state index is 13.3. The maximum atomic E-state index is 13.3. The van der Waals surface area contributed by atoms with Gasteiger partial charge in [0.15, 0.2) is 0 Å². The summed E-state index contributed by atoms with van der Waals surface area (Å²) in [5.74, 6) is 0.154. The van der Waals surface area contributed by atoms with Crippen LogP contribution < -0.4 is 0 Å². The lowest BCUT2D eigenvalue weighted by molar-refractivity contribution is -0.134. The number of morpholine rings is 2. The molecule has 2 saturated heterocycles. The van der Waals surface area contributed by atoms with Gasteiger partial charge in [-0.3, -0.25) is 14.6 Å². The van der Waals surface area contributed by atoms with Crippen LogP contribution in [0.25, 0.3) is 0 Å². The fourth-order valence-electron chi connectivity index (χ4n) is 4.43. The smallest absolute Gasteiger partial charge is 0.227 e. The summed E-state index contributed by atoms with van der Waals surface area (Å²) >= 11 is 6.37. The molecule has 7 heteroatoms. The Balaban J connectivity index is 1.37. The Morgan fingerprint density at radius 1 is 0.970 bits per heavy atom. The van der Waals surface area contributed by atoms with Gasteiger partial charge >= 0.3 is 0 Å². The minimum atomic E-state index is -0.00866. The van der Waals surface area contributed by atoms with Crippen LogP contribution in [0, 0.1) is 0 Å². The van der Waals surface area contributed by atoms with Gasteiger partial charge in [0.25, 0.3) is 0 Å². The summed E-state index contributed by atoms with van der Waals surface area (Å²) in [6.07, 6.45) is 0.408. The van der Waals surface area contributed by atoms with E-state index in [1.54, 1.807) is 0 Å². The van der Waals surface area contributed by atoms with Crippen LogP contribution >= 0.6 is 11.6 Å². The first kappa shape index (κ1) is 24.2. The van der Waals surface area contributed by atoms with Crippen LogP contribution in [0.3, 0.4) is 0 Å². The van der Waals surface area contributed by atoms with Crippen molar-refractivity contribution in [3.8, 4) is 0 Å². The first-order chi connectivity index (χ1) is 16.2. The van der Waals surface area contributed by atoms with Crippen molar-refractivity contribution in [2.75, 3.05) is 65.6 Å². The number of hydrogen-bond donors (Lipinski definition) is 0. The van der Waals surface area contributed by atoms with Crippen molar-refractivity contribution < 1.29 is 14.3 Å². The molecule has 4 rings (SSSR count). The average molecular weight is 472 g/mol. The average Bonchev–Trinajstić information content (AvgIpc) is 2.85. The quantitative estimate of drug-likeness (QED) is 0.562. The van der Waals surface area contributed by atoms with E-state index in [4.69, 9.17) is 21.1 Å². The SMILES string of the molecule is O=C(Cc1ccccc1)N(CCN1CCOCC1)CC1CN(Cc2ccccc2Cl)CCO1. The van der Waals surface area contributed by atoms with E-state index >= 15 is 0 Å². The van der Waals surface area contributed by atoms with Crippen LogP contribution in [0.15, 0.2) is 54.6 Å². The Morgan fingerprint density at radius 2 is 1.70 bits per heavy atom. The van der Waals surface area contributed by atoms with E-state index in [2.05, 4.69) is 15.9 Å². The zero-order chi connectivity index (χ0) is 22.9. The van der Waals surface area contributed by atoms with E-state index in [9.17, 15) is 4.79 Å². The summed E-state index contributed by atoms with van der Waals surface area (Å²) in [7, 11) is 0. The van der Waals surface area contributed by atoms with Crippen molar-refractivity contribution in [2.24, 2.45) is 0 Å². The highest BCUT2D eigenvalue weighted by atomic mass is 35.5. The van der Waals surface area contributed by atoms with Crippen LogP contribution in [0.2, 0.25) is 5.02 Å². The number of amides is 1. The van der Waals surface area contributed by atoms with Gasteiger partial charge in [-0.15, -0.1) is 0 Å². The molecule has 0 saturated carbocycles. The second-order valence-electron chi connectivity index (χ2n) is 8.78. The number of rotatable bonds is 9. The van der Waals surface area contributed by atoms with E-state index in [-0.39, 0.29) is 12.0 Å². The molecule has 2 fully saturated rings. The summed E-state index contributed by atoms with van der Waals surface area (Å²) in [5.41, 5.74) is 2.17. The number of nitrogens with zero attached hydrogens (tertiary/aromatic N) is 3. The molecule has 6 nitrogen and oxygen atoms in total. The molecule has 0 bridgehead atoms. The second-order valence-corrected chi connectivity index (χ2v) is 9.18. The molecule has 1 unspecified atom stereocenters. The predicted molar refractivity (Wildman–Crippen MR) is 130 cm³/mol. The minimum Gasteiger partial charge on any atom is -0.379 e. The molecule has 1 atom stereocenters. The molecule has 2 aromatic rings. The fourth-order valence-corrected chi connectivity index (χ4v) is 4.63. The van der Waals surface area contributed by atoms with E-state index in [0.29, 0.717) is 26.1 Å². The van der Waals surface area contributed by atoms with E-state index < -0.39 is 0 Å². The number of hydrogen-bond acceptors (Lipinski definition) is 5. The molecule has 2 aliphatic heterocycles. The Labute approximate surface area is 202 Å². The van der Waals surface area contributed by atoms with Crippen LogP contribution in [-0.4, -0.2) is 92.3 Å². The molecule has 2 aliphatic rings. The van der Waals surface area contributed by atoms with Gasteiger partial charge in [-0.2, -0.15) is 0 Å². The minimum absolute atomic E-state index is 0.00866. The Kier molecular flexibility index (Phi) is 9.15. The van der Waals surface area contributed by atoms with Crippen LogP contribution in [-0.2, 0) is 27.2 Å². The first-order valence-corrected chi connectivity index (χ1v) is 12.2. The van der Waals surface area contributed by atoms with Gasteiger partial charge in [0, 0.05) is 57.4 Å². The molecular weight excluding hydrogens is 438 g/mol. The summed E-state index contributed by atoms with van der Waals surface area (Å²) < 4.78 is 11.6. The zero-order valence-electron chi connectivity index (χ0n) is 19.2. The Bertz CT molecular complexity index is 876. The fraction of sp³-hybridized carbons (Fsp3) is 0.500. The van der Waals surface area contributed by atoms with Crippen molar-refractivity contribution in [1.82, 2.24) is 14.7 Å². The van der Waals surface area contributed by atoms with Crippen LogP contribution in [0.5, 0.6) is 0 Å². The Hall–Kier alpha value is -1.96. The first-order valence-electron chi connectivity index (χ1n) is 11.9. The van der Waals surface area contributed by atoms with Crippen molar-refractivity contribution >= 4 is 17.5 Å². The highest BCUT2D eigenvalue weighted by Crippen LogP contribution is 2.19. The van der Waals surface area contributed by atoms with Gasteiger partial charge in [0.05, 0.1) is 32.3 Å². The molecule has 178 valence electrons. The third-order valence-electron chi connectivity index (χ3n) is 6.34. The molecule has 0 spiro atoms. The van der Waals surface area contributed by atoms with Crippen LogP contribution in [0.4, 0.5) is 0 Å². The third kappa shape index (κ3) is 7.52. The van der Waals surface area contributed by atoms with Crippen molar-refractivity contribution in [3.63, 3.8) is 0 Å². The number of benzene rings is 2. The number of carbonyl (C=O) groups is 1. The standard InChI is InChI=1S/C26H34ClN3O3/c27-25-9-5-4-8-23(25)19-29-14-17-33-24(20-29)21-30(11-10-28-12-15-32-16-13-28)26(31)18-22-6-2-1-3-7-22/h1-9,24H,10-21H2. The maximum Gasteiger partial charge on any atom is 0.227 e. The van der Waals surface area contributed by atoms with Crippen molar-refractivity contribution in [3.05, 3.63) is 70.7 Å². The molecule has 33 heavy (non-hydrogen) atoms. The number of ether oxygens (including phenoxy) is 2. The topological polar surface area (TPSA) is 45.2 Å². The molecule has 0 radical (unpaired) electrons. The normalized spacial score (nSPS) is 20.0. The largest absolute Gasteiger partial charge is 0.379 e. The number of carbonyl (C=O) groups excluding carboxylic acids is 1. The van der Waals surface area contributed by atoms with Crippen molar-refractivity contribution in [2.45, 2.75) is 19.1 Å². The summed E-state index contributed by atoms with van der Waals surface area (Å²) in [4.78, 5) is 20.0. The highest BCUT2D eigenvalue weighted by Gasteiger charge is 2.26. The molecule has 2 heterocycles. The lowest BCUT2D eigenvalue weighted by atomic mass is 10.1. The van der Waals surface area contributed by atoms with E-state index in [0.717, 1.165) is 68.6 Å². The van der Waals surface area contributed by atoms with E-state index in [1.807, 2.05) is 53.4 Å². The van der Waals surface area contributed by atoms with Crippen LogP contribution in [0.1, 0.15) is 11.1 Å². The van der Waals surface area contributed by atoms with Gasteiger partial charge in [0.2, 0.25) is 5.91 Å². The van der Waals surface area contributed by atoms with Gasteiger partial charge < -0.3 is 14.4 Å². The van der Waals surface area contributed by atoms with Crippen molar-refractivity contribution in [1.29, 1.82) is 0 Å².